The van der Waals surface area contributed by atoms with Crippen molar-refractivity contribution in [3.05, 3.63) is 12.4 Å². The second-order valence-electron chi connectivity index (χ2n) is 1.65. The minimum Gasteiger partial charge on any atom is -0.244 e. The molecule has 0 saturated carbocycles. The smallest absolute Gasteiger partial charge is 0.156 e. The molecule has 0 atom stereocenters. The lowest BCUT2D eigenvalue weighted by atomic mass is 10.4. The van der Waals surface area contributed by atoms with Gasteiger partial charge in [0.1, 0.15) is 11.9 Å². The van der Waals surface area contributed by atoms with E-state index >= 15 is 0 Å². The maximum atomic E-state index is 4.36. The van der Waals surface area contributed by atoms with Gasteiger partial charge in [-0.1, -0.05) is 5.16 Å². The first-order chi connectivity index (χ1) is 4.97. The Kier molecular flexibility index (Phi) is 0.970. The zero-order valence-corrected chi connectivity index (χ0v) is 4.85. The Morgan fingerprint density at radius 1 is 1.30 bits per heavy atom. The van der Waals surface area contributed by atoms with E-state index in [0.29, 0.717) is 11.4 Å². The fourth-order valence-corrected chi connectivity index (χ4v) is 0.603. The van der Waals surface area contributed by atoms with Gasteiger partial charge in [0.05, 0.1) is 6.20 Å². The summed E-state index contributed by atoms with van der Waals surface area (Å²) >= 11 is 0. The molecule has 0 aliphatic carbocycles. The third-order valence-electron chi connectivity index (χ3n) is 1.04. The van der Waals surface area contributed by atoms with Crippen molar-refractivity contribution in [1.29, 1.82) is 0 Å². The van der Waals surface area contributed by atoms with Gasteiger partial charge in [-0.3, -0.25) is 0 Å². The molecule has 2 aromatic rings. The molecule has 0 aliphatic heterocycles. The topological polar surface area (TPSA) is 80.5 Å². The molecule has 0 spiro atoms. The average Bonchev–Trinajstić information content (AvgIpc) is 2.59. The van der Waals surface area contributed by atoms with Crippen molar-refractivity contribution < 1.29 is 4.63 Å². The summed E-state index contributed by atoms with van der Waals surface area (Å²) in [5, 5.41) is 16.8. The molecule has 2 heterocycles. The SMILES string of the molecule is c1n[nH]nc1-c1cnon1. The molecule has 1 N–H and O–H groups in total. The summed E-state index contributed by atoms with van der Waals surface area (Å²) in [5.41, 5.74) is 1.20. The number of aromatic nitrogens is 5. The van der Waals surface area contributed by atoms with Crippen LogP contribution in [0.2, 0.25) is 0 Å². The van der Waals surface area contributed by atoms with Gasteiger partial charge in [-0.15, -0.1) is 0 Å². The lowest BCUT2D eigenvalue weighted by molar-refractivity contribution is 0.308. The van der Waals surface area contributed by atoms with Crippen LogP contribution in [-0.4, -0.2) is 25.7 Å². The molecule has 6 heteroatoms. The summed E-state index contributed by atoms with van der Waals surface area (Å²) in [6.07, 6.45) is 3.01. The molecular weight excluding hydrogens is 134 g/mol. The number of nitrogens with zero attached hydrogens (tertiary/aromatic N) is 4. The summed E-state index contributed by atoms with van der Waals surface area (Å²) in [5.74, 6) is 0. The Hall–Kier alpha value is -1.72. The van der Waals surface area contributed by atoms with E-state index in [9.17, 15) is 0 Å². The van der Waals surface area contributed by atoms with Crippen LogP contribution in [-0.2, 0) is 0 Å². The first-order valence-corrected chi connectivity index (χ1v) is 2.60. The minimum atomic E-state index is 0.578. The molecule has 0 unspecified atom stereocenters. The third-order valence-corrected chi connectivity index (χ3v) is 1.04. The number of aromatic amines is 1. The van der Waals surface area contributed by atoms with Gasteiger partial charge in [0, 0.05) is 0 Å². The van der Waals surface area contributed by atoms with E-state index in [1.807, 2.05) is 0 Å². The molecular formula is C4H3N5O. The summed E-state index contributed by atoms with van der Waals surface area (Å²) in [6, 6.07) is 0. The van der Waals surface area contributed by atoms with Crippen molar-refractivity contribution in [2.45, 2.75) is 0 Å². The van der Waals surface area contributed by atoms with Crippen LogP contribution in [0.4, 0.5) is 0 Å². The van der Waals surface area contributed by atoms with Gasteiger partial charge in [-0.2, -0.15) is 15.4 Å². The van der Waals surface area contributed by atoms with E-state index in [-0.39, 0.29) is 0 Å². The molecule has 0 fully saturated rings. The Morgan fingerprint density at radius 2 is 2.30 bits per heavy atom. The molecule has 50 valence electrons. The first-order valence-electron chi connectivity index (χ1n) is 2.60. The van der Waals surface area contributed by atoms with Crippen LogP contribution in [0.25, 0.3) is 11.4 Å². The van der Waals surface area contributed by atoms with E-state index in [2.05, 4.69) is 30.4 Å². The average molecular weight is 137 g/mol. The van der Waals surface area contributed by atoms with Gasteiger partial charge in [0.2, 0.25) is 0 Å². The van der Waals surface area contributed by atoms with Crippen LogP contribution in [0.5, 0.6) is 0 Å². The summed E-state index contributed by atoms with van der Waals surface area (Å²) in [6.45, 7) is 0. The molecule has 0 radical (unpaired) electrons. The molecule has 2 rings (SSSR count). The van der Waals surface area contributed by atoms with Crippen molar-refractivity contribution in [2.24, 2.45) is 0 Å². The molecule has 0 bridgehead atoms. The molecule has 10 heavy (non-hydrogen) atoms. The van der Waals surface area contributed by atoms with Crippen LogP contribution in [0.3, 0.4) is 0 Å². The van der Waals surface area contributed by atoms with Crippen LogP contribution in [0.15, 0.2) is 17.0 Å². The largest absolute Gasteiger partial charge is 0.244 e. The highest BCUT2D eigenvalue weighted by Gasteiger charge is 2.02. The Bertz CT molecular complexity index is 253. The summed E-state index contributed by atoms with van der Waals surface area (Å²) < 4.78 is 4.36. The van der Waals surface area contributed by atoms with Gasteiger partial charge in [-0.25, -0.2) is 4.63 Å². The molecule has 0 aromatic carbocycles. The standard InChI is InChI=1S/C4H3N5O/c1-3(7-9-5-1)4-2-6-10-8-4/h1-2H,(H,5,7,9). The highest BCUT2D eigenvalue weighted by atomic mass is 16.6. The van der Waals surface area contributed by atoms with Crippen molar-refractivity contribution in [3.8, 4) is 11.4 Å². The highest BCUT2D eigenvalue weighted by molar-refractivity contribution is 5.48. The second kappa shape index (κ2) is 1.90. The summed E-state index contributed by atoms with van der Waals surface area (Å²) in [4.78, 5) is 0. The second-order valence-corrected chi connectivity index (χ2v) is 1.65. The Labute approximate surface area is 55.2 Å². The number of nitrogens with one attached hydrogen (secondary N) is 1. The van der Waals surface area contributed by atoms with E-state index in [0.717, 1.165) is 0 Å². The van der Waals surface area contributed by atoms with Crippen molar-refractivity contribution in [2.75, 3.05) is 0 Å². The lowest BCUT2D eigenvalue weighted by Crippen LogP contribution is -1.75. The zero-order valence-electron chi connectivity index (χ0n) is 4.85. The minimum absolute atomic E-state index is 0.578. The van der Waals surface area contributed by atoms with Crippen LogP contribution in [0.1, 0.15) is 0 Å². The predicted octanol–water partition coefficient (Wildman–Crippen LogP) is -0.145. The van der Waals surface area contributed by atoms with Gasteiger partial charge >= 0.3 is 0 Å². The molecule has 0 saturated heterocycles. The van der Waals surface area contributed by atoms with Gasteiger partial charge < -0.3 is 0 Å². The molecule has 6 nitrogen and oxygen atoms in total. The van der Waals surface area contributed by atoms with Crippen molar-refractivity contribution >= 4 is 0 Å². The maximum Gasteiger partial charge on any atom is 0.156 e. The molecule has 2 aromatic heterocycles. The van der Waals surface area contributed by atoms with Crippen molar-refractivity contribution in [3.63, 3.8) is 0 Å². The van der Waals surface area contributed by atoms with Gasteiger partial charge in [0.25, 0.3) is 0 Å². The van der Waals surface area contributed by atoms with Crippen LogP contribution < -0.4 is 0 Å². The normalized spacial score (nSPS) is 10.0. The van der Waals surface area contributed by atoms with Crippen molar-refractivity contribution in [1.82, 2.24) is 25.7 Å². The summed E-state index contributed by atoms with van der Waals surface area (Å²) in [7, 11) is 0. The van der Waals surface area contributed by atoms with E-state index in [1.165, 1.54) is 6.20 Å². The fourth-order valence-electron chi connectivity index (χ4n) is 0.603. The number of H-pyrrole nitrogens is 1. The number of hydrogen-bond donors (Lipinski definition) is 1. The monoisotopic (exact) mass is 137 g/mol. The quantitative estimate of drug-likeness (QED) is 0.591. The van der Waals surface area contributed by atoms with Crippen LogP contribution in [0, 0.1) is 0 Å². The Balaban J connectivity index is 2.48. The Morgan fingerprint density at radius 3 is 2.90 bits per heavy atom. The third kappa shape index (κ3) is 0.661. The molecule has 0 aliphatic rings. The van der Waals surface area contributed by atoms with E-state index < -0.39 is 0 Å². The molecule has 0 amide bonds. The highest BCUT2D eigenvalue weighted by Crippen LogP contribution is 2.08. The number of hydrogen-bond acceptors (Lipinski definition) is 5. The first kappa shape index (κ1) is 5.10. The van der Waals surface area contributed by atoms with Gasteiger partial charge in [0.15, 0.2) is 5.69 Å². The van der Waals surface area contributed by atoms with Gasteiger partial charge in [-0.05, 0) is 5.16 Å². The maximum absolute atomic E-state index is 4.36. The van der Waals surface area contributed by atoms with Crippen LogP contribution >= 0.6 is 0 Å². The predicted molar refractivity (Wildman–Crippen MR) is 29.7 cm³/mol. The van der Waals surface area contributed by atoms with E-state index in [4.69, 9.17) is 0 Å². The number of rotatable bonds is 1. The van der Waals surface area contributed by atoms with E-state index in [1.54, 1.807) is 6.20 Å². The fraction of sp³-hybridized carbons (Fsp3) is 0. The lowest BCUT2D eigenvalue weighted by Gasteiger charge is -1.76. The zero-order chi connectivity index (χ0) is 6.81.